The van der Waals surface area contributed by atoms with Gasteiger partial charge in [0.05, 0.1) is 19.3 Å². The van der Waals surface area contributed by atoms with Gasteiger partial charge in [-0.3, -0.25) is 4.90 Å². The van der Waals surface area contributed by atoms with E-state index in [0.29, 0.717) is 30.7 Å². The Hall–Kier alpha value is -1.95. The molecule has 0 amide bonds. The molecule has 2 bridgehead atoms. The van der Waals surface area contributed by atoms with Crippen LogP contribution in [0.15, 0.2) is 42.5 Å². The first-order valence-electron chi connectivity index (χ1n) is 9.53. The van der Waals surface area contributed by atoms with Crippen LogP contribution in [0.5, 0.6) is 5.75 Å². The van der Waals surface area contributed by atoms with Crippen molar-refractivity contribution in [3.8, 4) is 5.75 Å². The number of methoxy groups -OCH3 is 1. The lowest BCUT2D eigenvalue weighted by atomic mass is 9.80. The van der Waals surface area contributed by atoms with Gasteiger partial charge in [0, 0.05) is 24.2 Å². The lowest BCUT2D eigenvalue weighted by Gasteiger charge is -2.44. The molecule has 4 nitrogen and oxygen atoms in total. The molecule has 2 aliphatic rings. The maximum Gasteiger partial charge on any atom is 0.124 e. The molecule has 2 aliphatic heterocycles. The van der Waals surface area contributed by atoms with Gasteiger partial charge < -0.3 is 14.9 Å². The van der Waals surface area contributed by atoms with Gasteiger partial charge in [-0.15, -0.1) is 0 Å². The highest BCUT2D eigenvalue weighted by Crippen LogP contribution is 2.46. The van der Waals surface area contributed by atoms with E-state index in [1.54, 1.807) is 19.2 Å². The molecule has 0 saturated carbocycles. The van der Waals surface area contributed by atoms with Gasteiger partial charge in [0.2, 0.25) is 0 Å². The molecule has 0 aromatic heterocycles. The molecule has 144 valence electrons. The van der Waals surface area contributed by atoms with Crippen LogP contribution in [-0.4, -0.2) is 34.3 Å². The Morgan fingerprint density at radius 1 is 1.11 bits per heavy atom. The van der Waals surface area contributed by atoms with E-state index in [2.05, 4.69) is 4.90 Å². The number of halogens is 1. The summed E-state index contributed by atoms with van der Waals surface area (Å²) >= 11 is 0. The molecule has 2 atom stereocenters. The molecule has 2 heterocycles. The van der Waals surface area contributed by atoms with E-state index in [1.807, 2.05) is 18.2 Å². The monoisotopic (exact) mass is 371 g/mol. The fourth-order valence-electron chi connectivity index (χ4n) is 4.83. The Kier molecular flexibility index (Phi) is 4.93. The van der Waals surface area contributed by atoms with Crippen molar-refractivity contribution >= 4 is 0 Å². The second-order valence-corrected chi connectivity index (χ2v) is 7.81. The molecule has 2 aromatic rings. The first-order chi connectivity index (χ1) is 13.0. The van der Waals surface area contributed by atoms with Crippen molar-refractivity contribution in [1.29, 1.82) is 0 Å². The van der Waals surface area contributed by atoms with Crippen LogP contribution in [0.1, 0.15) is 42.4 Å². The SMILES string of the molecule is COc1ccc(CN2[C@@H]3CC[C@@H]2CC(O)(c2ccc(F)cc2)C3)cc1CO. The molecule has 2 N–H and O–H groups in total. The normalized spacial score (nSPS) is 27.7. The van der Waals surface area contributed by atoms with Crippen LogP contribution < -0.4 is 4.74 Å². The van der Waals surface area contributed by atoms with E-state index >= 15 is 0 Å². The Balaban J connectivity index is 1.52. The molecule has 2 fully saturated rings. The summed E-state index contributed by atoms with van der Waals surface area (Å²) in [4.78, 5) is 2.47. The number of hydrogen-bond acceptors (Lipinski definition) is 4. The summed E-state index contributed by atoms with van der Waals surface area (Å²) < 4.78 is 18.5. The first-order valence-corrected chi connectivity index (χ1v) is 9.53. The van der Waals surface area contributed by atoms with Crippen molar-refractivity contribution in [2.75, 3.05) is 7.11 Å². The lowest BCUT2D eigenvalue weighted by Crippen LogP contribution is -2.49. The van der Waals surface area contributed by atoms with Crippen molar-refractivity contribution in [3.63, 3.8) is 0 Å². The number of ether oxygens (including phenoxy) is 1. The van der Waals surface area contributed by atoms with Crippen LogP contribution in [0.25, 0.3) is 0 Å². The summed E-state index contributed by atoms with van der Waals surface area (Å²) in [6.07, 6.45) is 3.46. The van der Waals surface area contributed by atoms with Crippen LogP contribution in [0.3, 0.4) is 0 Å². The summed E-state index contributed by atoms with van der Waals surface area (Å²) in [7, 11) is 1.61. The molecule has 5 heteroatoms. The van der Waals surface area contributed by atoms with Crippen molar-refractivity contribution in [1.82, 2.24) is 4.90 Å². The highest BCUT2D eigenvalue weighted by molar-refractivity contribution is 5.37. The van der Waals surface area contributed by atoms with E-state index in [9.17, 15) is 14.6 Å². The number of piperidine rings is 1. The zero-order valence-corrected chi connectivity index (χ0v) is 15.6. The van der Waals surface area contributed by atoms with E-state index in [0.717, 1.165) is 36.1 Å². The van der Waals surface area contributed by atoms with Crippen molar-refractivity contribution in [3.05, 3.63) is 65.0 Å². The third-order valence-electron chi connectivity index (χ3n) is 6.18. The molecule has 4 rings (SSSR count). The van der Waals surface area contributed by atoms with Gasteiger partial charge in [-0.05, 0) is 61.1 Å². The summed E-state index contributed by atoms with van der Waals surface area (Å²) in [5, 5.41) is 20.8. The largest absolute Gasteiger partial charge is 0.496 e. The van der Waals surface area contributed by atoms with Crippen LogP contribution in [-0.2, 0) is 18.8 Å². The van der Waals surface area contributed by atoms with Crippen LogP contribution >= 0.6 is 0 Å². The number of aliphatic hydroxyl groups excluding tert-OH is 1. The molecule has 27 heavy (non-hydrogen) atoms. The molecular formula is C22H26FNO3. The summed E-state index contributed by atoms with van der Waals surface area (Å²) in [6, 6.07) is 12.8. The van der Waals surface area contributed by atoms with Crippen LogP contribution in [0.4, 0.5) is 4.39 Å². The quantitative estimate of drug-likeness (QED) is 0.846. The molecule has 2 aromatic carbocycles. The van der Waals surface area contributed by atoms with Gasteiger partial charge in [0.15, 0.2) is 0 Å². The number of hydrogen-bond donors (Lipinski definition) is 2. The zero-order chi connectivity index (χ0) is 19.0. The third kappa shape index (κ3) is 3.47. The zero-order valence-electron chi connectivity index (χ0n) is 15.6. The maximum absolute atomic E-state index is 13.2. The number of aliphatic hydroxyl groups is 2. The van der Waals surface area contributed by atoms with Crippen LogP contribution in [0.2, 0.25) is 0 Å². The van der Waals surface area contributed by atoms with Crippen molar-refractivity contribution < 1.29 is 19.3 Å². The Morgan fingerprint density at radius 2 is 1.78 bits per heavy atom. The number of fused-ring (bicyclic) bond motifs is 2. The van der Waals surface area contributed by atoms with Gasteiger partial charge in [0.1, 0.15) is 11.6 Å². The number of rotatable bonds is 5. The summed E-state index contributed by atoms with van der Waals surface area (Å²) in [6.45, 7) is 0.750. The van der Waals surface area contributed by atoms with Gasteiger partial charge in [-0.25, -0.2) is 4.39 Å². The maximum atomic E-state index is 13.2. The number of benzene rings is 2. The minimum Gasteiger partial charge on any atom is -0.496 e. The second-order valence-electron chi connectivity index (χ2n) is 7.81. The van der Waals surface area contributed by atoms with E-state index < -0.39 is 5.60 Å². The summed E-state index contributed by atoms with van der Waals surface area (Å²) in [5.41, 5.74) is 1.87. The topological polar surface area (TPSA) is 52.9 Å². The fourth-order valence-corrected chi connectivity index (χ4v) is 4.83. The van der Waals surface area contributed by atoms with Gasteiger partial charge in [0.25, 0.3) is 0 Å². The Bertz CT molecular complexity index is 794. The standard InChI is InChI=1S/C22H26FNO3/c1-27-21-9-2-15(10-16(21)14-25)13-24-19-7-8-20(24)12-22(26,11-19)17-3-5-18(23)6-4-17/h2-6,9-10,19-20,25-26H,7-8,11-14H2,1H3/t19-,20-/m1/s1. The lowest BCUT2D eigenvalue weighted by molar-refractivity contribution is -0.0595. The highest BCUT2D eigenvalue weighted by Gasteiger charge is 2.48. The molecule has 0 radical (unpaired) electrons. The van der Waals surface area contributed by atoms with E-state index in [4.69, 9.17) is 4.74 Å². The highest BCUT2D eigenvalue weighted by atomic mass is 19.1. The molecule has 0 aliphatic carbocycles. The van der Waals surface area contributed by atoms with Gasteiger partial charge in [-0.1, -0.05) is 18.2 Å². The predicted molar refractivity (Wildman–Crippen MR) is 101 cm³/mol. The van der Waals surface area contributed by atoms with E-state index in [-0.39, 0.29) is 12.4 Å². The Labute approximate surface area is 159 Å². The van der Waals surface area contributed by atoms with Crippen LogP contribution in [0, 0.1) is 5.82 Å². The van der Waals surface area contributed by atoms with Crippen molar-refractivity contribution in [2.45, 2.75) is 56.5 Å². The minimum atomic E-state index is -0.883. The third-order valence-corrected chi connectivity index (χ3v) is 6.18. The Morgan fingerprint density at radius 3 is 2.37 bits per heavy atom. The molecule has 0 unspecified atom stereocenters. The number of nitrogens with zero attached hydrogens (tertiary/aromatic N) is 1. The molecule has 2 saturated heterocycles. The van der Waals surface area contributed by atoms with Gasteiger partial charge >= 0.3 is 0 Å². The smallest absolute Gasteiger partial charge is 0.124 e. The predicted octanol–water partition coefficient (Wildman–Crippen LogP) is 3.34. The average Bonchev–Trinajstić information content (AvgIpc) is 2.92. The summed E-state index contributed by atoms with van der Waals surface area (Å²) in [5.74, 6) is 0.426. The molecular weight excluding hydrogens is 345 g/mol. The molecule has 0 spiro atoms. The average molecular weight is 371 g/mol. The fraction of sp³-hybridized carbons (Fsp3) is 0.455. The van der Waals surface area contributed by atoms with E-state index in [1.165, 1.54) is 12.1 Å². The van der Waals surface area contributed by atoms with Crippen molar-refractivity contribution in [2.24, 2.45) is 0 Å². The second kappa shape index (κ2) is 7.23. The van der Waals surface area contributed by atoms with Gasteiger partial charge in [-0.2, -0.15) is 0 Å². The first kappa shape index (κ1) is 18.4. The minimum absolute atomic E-state index is 0.0474.